The predicted molar refractivity (Wildman–Crippen MR) is 64.4 cm³/mol. The lowest BCUT2D eigenvalue weighted by Gasteiger charge is -2.08. The topological polar surface area (TPSA) is 55.4 Å². The number of sulfone groups is 1. The van der Waals surface area contributed by atoms with E-state index in [1.54, 1.807) is 0 Å². The third-order valence-electron chi connectivity index (χ3n) is 2.10. The Morgan fingerprint density at radius 3 is 2.67 bits per heavy atom. The Labute approximate surface area is 105 Å². The van der Waals surface area contributed by atoms with Gasteiger partial charge in [-0.05, 0) is 12.1 Å². The van der Waals surface area contributed by atoms with Crippen LogP contribution in [0.3, 0.4) is 0 Å². The molecule has 7 heteroatoms. The molecule has 1 aromatic carbocycles. The van der Waals surface area contributed by atoms with E-state index in [9.17, 15) is 17.2 Å². The summed E-state index contributed by atoms with van der Waals surface area (Å²) in [5.41, 5.74) is 0. The first-order chi connectivity index (χ1) is 8.40. The predicted octanol–water partition coefficient (Wildman–Crippen LogP) is 0.978. The Bertz CT molecular complexity index is 491. The minimum Gasteiger partial charge on any atom is -0.489 e. The molecular formula is C11H15F2NO3S. The molecule has 102 valence electrons. The van der Waals surface area contributed by atoms with Gasteiger partial charge in [0.2, 0.25) is 5.82 Å². The lowest BCUT2D eigenvalue weighted by atomic mass is 10.3. The average Bonchev–Trinajstić information content (AvgIpc) is 2.27. The Morgan fingerprint density at radius 2 is 2.00 bits per heavy atom. The molecule has 0 atom stereocenters. The van der Waals surface area contributed by atoms with Crippen LogP contribution >= 0.6 is 0 Å². The average molecular weight is 279 g/mol. The maximum absolute atomic E-state index is 13.1. The van der Waals surface area contributed by atoms with Crippen molar-refractivity contribution in [3.63, 3.8) is 0 Å². The number of benzene rings is 1. The summed E-state index contributed by atoms with van der Waals surface area (Å²) in [6, 6.07) is 3.69. The van der Waals surface area contributed by atoms with E-state index in [-0.39, 0.29) is 18.1 Å². The van der Waals surface area contributed by atoms with E-state index in [0.29, 0.717) is 13.1 Å². The summed E-state index contributed by atoms with van der Waals surface area (Å²) in [7, 11) is -2.99. The summed E-state index contributed by atoms with van der Waals surface area (Å²) < 4.78 is 52.6. The normalized spacial score (nSPS) is 11.5. The Kier molecular flexibility index (Phi) is 5.49. The molecular weight excluding hydrogens is 264 g/mol. The van der Waals surface area contributed by atoms with E-state index in [4.69, 9.17) is 4.74 Å². The number of hydrogen-bond donors (Lipinski definition) is 1. The lowest BCUT2D eigenvalue weighted by molar-refractivity contribution is 0.294. The first-order valence-electron chi connectivity index (χ1n) is 5.35. The fourth-order valence-electron chi connectivity index (χ4n) is 1.21. The molecule has 0 radical (unpaired) electrons. The number of ether oxygens (including phenoxy) is 1. The van der Waals surface area contributed by atoms with Crippen molar-refractivity contribution in [2.45, 2.75) is 0 Å². The molecule has 1 N–H and O–H groups in total. The summed E-state index contributed by atoms with van der Waals surface area (Å²) >= 11 is 0. The molecule has 0 spiro atoms. The van der Waals surface area contributed by atoms with Gasteiger partial charge in [-0.1, -0.05) is 6.07 Å². The van der Waals surface area contributed by atoms with Gasteiger partial charge < -0.3 is 10.1 Å². The third-order valence-corrected chi connectivity index (χ3v) is 3.05. The van der Waals surface area contributed by atoms with Crippen molar-refractivity contribution in [2.75, 3.05) is 31.7 Å². The SMILES string of the molecule is CS(=O)(=O)CCNCCOc1cccc(F)c1F. The highest BCUT2D eigenvalue weighted by molar-refractivity contribution is 7.90. The van der Waals surface area contributed by atoms with Crippen LogP contribution < -0.4 is 10.1 Å². The molecule has 0 unspecified atom stereocenters. The van der Waals surface area contributed by atoms with Crippen LogP contribution in [0, 0.1) is 11.6 Å². The van der Waals surface area contributed by atoms with Gasteiger partial charge in [-0.25, -0.2) is 12.8 Å². The second-order valence-corrected chi connectivity index (χ2v) is 6.04. The van der Waals surface area contributed by atoms with E-state index in [1.165, 1.54) is 12.1 Å². The van der Waals surface area contributed by atoms with Crippen molar-refractivity contribution in [3.05, 3.63) is 29.8 Å². The van der Waals surface area contributed by atoms with Crippen molar-refractivity contribution in [1.29, 1.82) is 0 Å². The molecule has 0 aliphatic rings. The largest absolute Gasteiger partial charge is 0.489 e. The van der Waals surface area contributed by atoms with E-state index < -0.39 is 21.5 Å². The lowest BCUT2D eigenvalue weighted by Crippen LogP contribution is -2.26. The van der Waals surface area contributed by atoms with Gasteiger partial charge in [0.15, 0.2) is 11.6 Å². The van der Waals surface area contributed by atoms with Gasteiger partial charge in [-0.15, -0.1) is 0 Å². The van der Waals surface area contributed by atoms with Crippen LogP contribution in [0.25, 0.3) is 0 Å². The van der Waals surface area contributed by atoms with Crippen molar-refractivity contribution in [3.8, 4) is 5.75 Å². The fourth-order valence-corrected chi connectivity index (χ4v) is 1.73. The molecule has 1 aromatic rings. The van der Waals surface area contributed by atoms with Gasteiger partial charge >= 0.3 is 0 Å². The zero-order valence-electron chi connectivity index (χ0n) is 9.95. The summed E-state index contributed by atoms with van der Waals surface area (Å²) in [6.07, 6.45) is 1.15. The first-order valence-corrected chi connectivity index (χ1v) is 7.41. The number of nitrogens with one attached hydrogen (secondary N) is 1. The van der Waals surface area contributed by atoms with Crippen LogP contribution in [0.5, 0.6) is 5.75 Å². The highest BCUT2D eigenvalue weighted by atomic mass is 32.2. The second-order valence-electron chi connectivity index (χ2n) is 3.78. The van der Waals surface area contributed by atoms with Crippen LogP contribution in [-0.2, 0) is 9.84 Å². The first kappa shape index (κ1) is 14.8. The number of hydrogen-bond acceptors (Lipinski definition) is 4. The molecule has 4 nitrogen and oxygen atoms in total. The quantitative estimate of drug-likeness (QED) is 0.756. The van der Waals surface area contributed by atoms with E-state index in [2.05, 4.69) is 5.32 Å². The Hall–Kier alpha value is -1.21. The van der Waals surface area contributed by atoms with Crippen molar-refractivity contribution < 1.29 is 21.9 Å². The van der Waals surface area contributed by atoms with Crippen LogP contribution in [-0.4, -0.2) is 40.1 Å². The molecule has 0 saturated carbocycles. The highest BCUT2D eigenvalue weighted by Gasteiger charge is 2.08. The summed E-state index contributed by atoms with van der Waals surface area (Å²) in [5.74, 6) is -2.10. The standard InChI is InChI=1S/C11H15F2NO3S/c1-18(15,16)8-6-14-5-7-17-10-4-2-3-9(12)11(10)13/h2-4,14H,5-8H2,1H3. The smallest absolute Gasteiger partial charge is 0.200 e. The molecule has 0 amide bonds. The molecule has 0 aliphatic heterocycles. The van der Waals surface area contributed by atoms with Gasteiger partial charge in [0.25, 0.3) is 0 Å². The summed E-state index contributed by atoms with van der Waals surface area (Å²) in [6.45, 7) is 0.781. The van der Waals surface area contributed by atoms with Crippen LogP contribution in [0.4, 0.5) is 8.78 Å². The minimum absolute atomic E-state index is 0.0291. The molecule has 0 saturated heterocycles. The molecule has 0 aliphatic carbocycles. The van der Waals surface area contributed by atoms with Crippen LogP contribution in [0.2, 0.25) is 0 Å². The minimum atomic E-state index is -2.99. The molecule has 0 aromatic heterocycles. The monoisotopic (exact) mass is 279 g/mol. The molecule has 0 bridgehead atoms. The van der Waals surface area contributed by atoms with Gasteiger partial charge in [0.05, 0.1) is 5.75 Å². The third kappa shape index (κ3) is 5.42. The maximum atomic E-state index is 13.1. The number of halogens is 2. The van der Waals surface area contributed by atoms with Crippen molar-refractivity contribution >= 4 is 9.84 Å². The molecule has 1 rings (SSSR count). The van der Waals surface area contributed by atoms with Gasteiger partial charge in [0, 0.05) is 19.3 Å². The van der Waals surface area contributed by atoms with Gasteiger partial charge in [-0.3, -0.25) is 0 Å². The van der Waals surface area contributed by atoms with E-state index in [1.807, 2.05) is 0 Å². The molecule has 0 fully saturated rings. The van der Waals surface area contributed by atoms with Gasteiger partial charge in [-0.2, -0.15) is 4.39 Å². The van der Waals surface area contributed by atoms with Crippen molar-refractivity contribution in [1.82, 2.24) is 5.32 Å². The fraction of sp³-hybridized carbons (Fsp3) is 0.455. The van der Waals surface area contributed by atoms with Crippen LogP contribution in [0.1, 0.15) is 0 Å². The Balaban J connectivity index is 2.24. The maximum Gasteiger partial charge on any atom is 0.200 e. The van der Waals surface area contributed by atoms with Gasteiger partial charge in [0.1, 0.15) is 16.4 Å². The summed E-state index contributed by atoms with van der Waals surface area (Å²) in [5, 5.41) is 2.83. The van der Waals surface area contributed by atoms with E-state index >= 15 is 0 Å². The van der Waals surface area contributed by atoms with Crippen LogP contribution in [0.15, 0.2) is 18.2 Å². The van der Waals surface area contributed by atoms with E-state index in [0.717, 1.165) is 12.3 Å². The summed E-state index contributed by atoms with van der Waals surface area (Å²) in [4.78, 5) is 0. The molecule has 0 heterocycles. The second kappa shape index (κ2) is 6.65. The Morgan fingerprint density at radius 1 is 1.28 bits per heavy atom. The zero-order valence-corrected chi connectivity index (χ0v) is 10.8. The highest BCUT2D eigenvalue weighted by Crippen LogP contribution is 2.18. The number of rotatable bonds is 7. The van der Waals surface area contributed by atoms with Crippen molar-refractivity contribution in [2.24, 2.45) is 0 Å². The molecule has 18 heavy (non-hydrogen) atoms. The zero-order chi connectivity index (χ0) is 13.6.